The molecule has 0 spiro atoms. The van der Waals surface area contributed by atoms with Crippen LogP contribution in [-0.2, 0) is 11.3 Å². The van der Waals surface area contributed by atoms with E-state index in [1.165, 1.54) is 6.42 Å². The van der Waals surface area contributed by atoms with E-state index >= 15 is 0 Å². The third-order valence-electron chi connectivity index (χ3n) is 4.50. The monoisotopic (exact) mass is 250 g/mol. The summed E-state index contributed by atoms with van der Waals surface area (Å²) in [5, 5.41) is 11.5. The Morgan fingerprint density at radius 2 is 2.39 bits per heavy atom. The molecule has 3 atom stereocenters. The normalized spacial score (nSPS) is 33.1. The Bertz CT molecular complexity index is 390. The summed E-state index contributed by atoms with van der Waals surface area (Å²) in [5.74, 6) is 0.728. The van der Waals surface area contributed by atoms with E-state index in [1.807, 2.05) is 10.9 Å². The van der Waals surface area contributed by atoms with Gasteiger partial charge in [-0.3, -0.25) is 4.68 Å². The van der Waals surface area contributed by atoms with Gasteiger partial charge in [0, 0.05) is 36.7 Å². The third-order valence-corrected chi connectivity index (χ3v) is 4.50. The summed E-state index contributed by atoms with van der Waals surface area (Å²) in [6.07, 6.45) is 6.42. The first kappa shape index (κ1) is 12.1. The highest BCUT2D eigenvalue weighted by atomic mass is 16.5. The van der Waals surface area contributed by atoms with Crippen molar-refractivity contribution in [1.29, 1.82) is 0 Å². The Morgan fingerprint density at radius 3 is 3.17 bits per heavy atom. The minimum absolute atomic E-state index is 0.286. The van der Waals surface area contributed by atoms with E-state index in [9.17, 15) is 0 Å². The SMILES string of the molecule is CC1(C)C(NCCCn2ccnn2)C2CCOC21. The van der Waals surface area contributed by atoms with Crippen molar-refractivity contribution in [2.24, 2.45) is 11.3 Å². The summed E-state index contributed by atoms with van der Waals surface area (Å²) >= 11 is 0. The van der Waals surface area contributed by atoms with Gasteiger partial charge in [-0.05, 0) is 19.4 Å². The molecule has 2 aliphatic rings. The van der Waals surface area contributed by atoms with Gasteiger partial charge in [0.25, 0.3) is 0 Å². The van der Waals surface area contributed by atoms with Crippen LogP contribution >= 0.6 is 0 Å². The number of ether oxygens (including phenoxy) is 1. The van der Waals surface area contributed by atoms with E-state index in [1.54, 1.807) is 6.20 Å². The summed E-state index contributed by atoms with van der Waals surface area (Å²) in [6.45, 7) is 7.54. The zero-order valence-electron chi connectivity index (χ0n) is 11.2. The number of rotatable bonds is 5. The summed E-state index contributed by atoms with van der Waals surface area (Å²) in [4.78, 5) is 0. The lowest BCUT2D eigenvalue weighted by Gasteiger charge is -2.55. The van der Waals surface area contributed by atoms with Gasteiger partial charge in [-0.15, -0.1) is 5.10 Å². The summed E-state index contributed by atoms with van der Waals surface area (Å²) in [7, 11) is 0. The van der Waals surface area contributed by atoms with Gasteiger partial charge in [0.1, 0.15) is 0 Å². The van der Waals surface area contributed by atoms with E-state index in [0.717, 1.165) is 32.0 Å². The van der Waals surface area contributed by atoms with Crippen molar-refractivity contribution < 1.29 is 4.74 Å². The molecule has 2 fully saturated rings. The van der Waals surface area contributed by atoms with Crippen LogP contribution in [-0.4, -0.2) is 40.3 Å². The van der Waals surface area contributed by atoms with Gasteiger partial charge in [-0.1, -0.05) is 19.1 Å². The Morgan fingerprint density at radius 1 is 1.50 bits per heavy atom. The van der Waals surface area contributed by atoms with Crippen molar-refractivity contribution in [3.63, 3.8) is 0 Å². The van der Waals surface area contributed by atoms with E-state index in [0.29, 0.717) is 12.1 Å². The molecule has 0 amide bonds. The van der Waals surface area contributed by atoms with Crippen LogP contribution in [0.2, 0.25) is 0 Å². The summed E-state index contributed by atoms with van der Waals surface area (Å²) in [5.41, 5.74) is 0.286. The molecule has 1 N–H and O–H groups in total. The fourth-order valence-electron chi connectivity index (χ4n) is 3.59. The maximum atomic E-state index is 5.80. The fraction of sp³-hybridized carbons (Fsp3) is 0.846. The molecule has 1 saturated carbocycles. The first-order valence-corrected chi connectivity index (χ1v) is 6.88. The van der Waals surface area contributed by atoms with Gasteiger partial charge in [0.2, 0.25) is 0 Å². The molecule has 1 aliphatic heterocycles. The lowest BCUT2D eigenvalue weighted by atomic mass is 9.57. The summed E-state index contributed by atoms with van der Waals surface area (Å²) < 4.78 is 7.68. The number of aromatic nitrogens is 3. The zero-order valence-corrected chi connectivity index (χ0v) is 11.2. The average Bonchev–Trinajstić information content (AvgIpc) is 2.97. The Balaban J connectivity index is 1.43. The molecule has 1 aromatic heterocycles. The zero-order chi connectivity index (χ0) is 12.6. The van der Waals surface area contributed by atoms with Gasteiger partial charge < -0.3 is 10.1 Å². The van der Waals surface area contributed by atoms with Gasteiger partial charge in [-0.25, -0.2) is 0 Å². The second-order valence-corrected chi connectivity index (χ2v) is 6.02. The first-order chi connectivity index (χ1) is 8.69. The molecule has 2 heterocycles. The van der Waals surface area contributed by atoms with E-state index in [2.05, 4.69) is 29.5 Å². The van der Waals surface area contributed by atoms with Crippen LogP contribution in [0.15, 0.2) is 12.4 Å². The number of fused-ring (bicyclic) bond motifs is 1. The molecule has 0 aromatic carbocycles. The number of nitrogens with one attached hydrogen (secondary N) is 1. The van der Waals surface area contributed by atoms with E-state index < -0.39 is 0 Å². The van der Waals surface area contributed by atoms with Crippen LogP contribution in [0, 0.1) is 11.3 Å². The Hall–Kier alpha value is -0.940. The van der Waals surface area contributed by atoms with Crippen molar-refractivity contribution in [2.75, 3.05) is 13.2 Å². The van der Waals surface area contributed by atoms with Gasteiger partial charge in [-0.2, -0.15) is 0 Å². The number of hydrogen-bond acceptors (Lipinski definition) is 4. The van der Waals surface area contributed by atoms with Gasteiger partial charge in [0.05, 0.1) is 12.3 Å². The molecule has 1 aromatic rings. The minimum atomic E-state index is 0.286. The molecule has 5 heteroatoms. The maximum Gasteiger partial charge on any atom is 0.0692 e. The second-order valence-electron chi connectivity index (χ2n) is 6.02. The molecule has 0 radical (unpaired) electrons. The molecule has 0 bridgehead atoms. The largest absolute Gasteiger partial charge is 0.377 e. The van der Waals surface area contributed by atoms with Gasteiger partial charge >= 0.3 is 0 Å². The standard InChI is InChI=1S/C13H22N4O/c1-13(2)11(10-4-9-18-12(10)13)14-5-3-7-17-8-6-15-16-17/h6,8,10-12,14H,3-5,7,9H2,1-2H3. The fourth-order valence-corrected chi connectivity index (χ4v) is 3.59. The first-order valence-electron chi connectivity index (χ1n) is 6.88. The Labute approximate surface area is 108 Å². The highest BCUT2D eigenvalue weighted by Gasteiger charge is 2.58. The number of hydrogen-bond donors (Lipinski definition) is 1. The lowest BCUT2D eigenvalue weighted by Crippen LogP contribution is -2.65. The van der Waals surface area contributed by atoms with Crippen LogP contribution in [0.3, 0.4) is 0 Å². The number of aryl methyl sites for hydroxylation is 1. The molecule has 100 valence electrons. The molecule has 18 heavy (non-hydrogen) atoms. The molecule has 3 rings (SSSR count). The average molecular weight is 250 g/mol. The van der Waals surface area contributed by atoms with Crippen LogP contribution in [0.25, 0.3) is 0 Å². The van der Waals surface area contributed by atoms with Crippen LogP contribution < -0.4 is 5.32 Å². The van der Waals surface area contributed by atoms with Crippen LogP contribution in [0.1, 0.15) is 26.7 Å². The summed E-state index contributed by atoms with van der Waals surface area (Å²) in [6, 6.07) is 0.612. The quantitative estimate of drug-likeness (QED) is 0.794. The second kappa shape index (κ2) is 4.63. The molecule has 5 nitrogen and oxygen atoms in total. The van der Waals surface area contributed by atoms with Crippen LogP contribution in [0.4, 0.5) is 0 Å². The molecule has 3 unspecified atom stereocenters. The lowest BCUT2D eigenvalue weighted by molar-refractivity contribution is -0.112. The van der Waals surface area contributed by atoms with Crippen molar-refractivity contribution in [2.45, 2.75) is 45.4 Å². The molecule has 1 saturated heterocycles. The van der Waals surface area contributed by atoms with Crippen molar-refractivity contribution in [3.8, 4) is 0 Å². The maximum absolute atomic E-state index is 5.80. The highest BCUT2D eigenvalue weighted by Crippen LogP contribution is 2.51. The number of nitrogens with zero attached hydrogens (tertiary/aromatic N) is 3. The minimum Gasteiger partial charge on any atom is -0.377 e. The highest BCUT2D eigenvalue weighted by molar-refractivity contribution is 5.11. The Kier molecular flexibility index (Phi) is 3.11. The predicted molar refractivity (Wildman–Crippen MR) is 68.1 cm³/mol. The molecular formula is C13H22N4O. The third kappa shape index (κ3) is 1.95. The smallest absolute Gasteiger partial charge is 0.0692 e. The van der Waals surface area contributed by atoms with E-state index in [-0.39, 0.29) is 5.41 Å². The predicted octanol–water partition coefficient (Wildman–Crippen LogP) is 1.07. The van der Waals surface area contributed by atoms with Crippen molar-refractivity contribution in [3.05, 3.63) is 12.4 Å². The van der Waals surface area contributed by atoms with Gasteiger partial charge in [0.15, 0.2) is 0 Å². The van der Waals surface area contributed by atoms with Crippen LogP contribution in [0.5, 0.6) is 0 Å². The van der Waals surface area contributed by atoms with Crippen molar-refractivity contribution in [1.82, 2.24) is 20.3 Å². The molecular weight excluding hydrogens is 228 g/mol. The topological polar surface area (TPSA) is 52.0 Å². The van der Waals surface area contributed by atoms with E-state index in [4.69, 9.17) is 4.74 Å². The molecule has 1 aliphatic carbocycles. The van der Waals surface area contributed by atoms with Crippen molar-refractivity contribution >= 4 is 0 Å².